The van der Waals surface area contributed by atoms with Crippen molar-refractivity contribution in [2.24, 2.45) is 17.8 Å². The quantitative estimate of drug-likeness (QED) is 0.309. The molecule has 1 amide bonds. The van der Waals surface area contributed by atoms with Crippen molar-refractivity contribution in [1.82, 2.24) is 20.3 Å². The van der Waals surface area contributed by atoms with Crippen LogP contribution in [0.2, 0.25) is 0 Å². The number of alkyl halides is 3. The fourth-order valence-corrected chi connectivity index (χ4v) is 7.74. The summed E-state index contributed by atoms with van der Waals surface area (Å²) in [6, 6.07) is 7.25. The number of halogens is 3. The Bertz CT molecular complexity index is 1550. The molecule has 2 bridgehead atoms. The number of aromatic nitrogens is 4. The van der Waals surface area contributed by atoms with Crippen LogP contribution in [0.25, 0.3) is 11.5 Å². The van der Waals surface area contributed by atoms with E-state index in [4.69, 9.17) is 14.0 Å². The Kier molecular flexibility index (Phi) is 6.49. The number of benzene rings is 1. The molecule has 0 radical (unpaired) electrons. The van der Waals surface area contributed by atoms with Crippen LogP contribution >= 0.6 is 0 Å². The maximum absolute atomic E-state index is 14.0. The Balaban J connectivity index is 1.06. The van der Waals surface area contributed by atoms with Crippen molar-refractivity contribution >= 4 is 11.6 Å². The Morgan fingerprint density at radius 2 is 1.59 bits per heavy atom. The molecular formula is C32H36F3N5O4. The van der Waals surface area contributed by atoms with E-state index in [0.717, 1.165) is 75.9 Å². The van der Waals surface area contributed by atoms with E-state index in [1.807, 2.05) is 18.2 Å². The van der Waals surface area contributed by atoms with Crippen LogP contribution in [-0.2, 0) is 10.2 Å². The van der Waals surface area contributed by atoms with Gasteiger partial charge in [-0.25, -0.2) is 0 Å². The van der Waals surface area contributed by atoms with E-state index in [2.05, 4.69) is 15.3 Å². The number of nitrogens with zero attached hydrogens (tertiary/aromatic N) is 5. The van der Waals surface area contributed by atoms with Crippen molar-refractivity contribution < 1.29 is 32.1 Å². The molecule has 234 valence electrons. The van der Waals surface area contributed by atoms with E-state index in [9.17, 15) is 23.1 Å². The first-order valence-electron chi connectivity index (χ1n) is 16.0. The van der Waals surface area contributed by atoms with E-state index in [0.29, 0.717) is 47.3 Å². The van der Waals surface area contributed by atoms with Crippen molar-refractivity contribution in [3.8, 4) is 11.5 Å². The van der Waals surface area contributed by atoms with Gasteiger partial charge in [-0.05, 0) is 107 Å². The Labute approximate surface area is 252 Å². The number of fused-ring (bicyclic) bond motifs is 4. The Morgan fingerprint density at radius 1 is 0.932 bits per heavy atom. The van der Waals surface area contributed by atoms with Gasteiger partial charge < -0.3 is 19.1 Å². The number of hydrogen-bond acceptors (Lipinski definition) is 8. The van der Waals surface area contributed by atoms with Crippen LogP contribution in [0.4, 0.5) is 18.9 Å². The van der Waals surface area contributed by atoms with Crippen molar-refractivity contribution in [2.75, 3.05) is 11.4 Å². The second kappa shape index (κ2) is 10.1. The van der Waals surface area contributed by atoms with Crippen LogP contribution in [0, 0.1) is 17.8 Å². The van der Waals surface area contributed by atoms with Gasteiger partial charge in [0.15, 0.2) is 17.2 Å². The van der Waals surface area contributed by atoms with Crippen molar-refractivity contribution in [1.29, 1.82) is 0 Å². The van der Waals surface area contributed by atoms with Crippen LogP contribution in [0.5, 0.6) is 0 Å². The zero-order valence-electron chi connectivity index (χ0n) is 24.4. The fourth-order valence-electron chi connectivity index (χ4n) is 7.74. The maximum Gasteiger partial charge on any atom is 0.417 e. The highest BCUT2D eigenvalue weighted by Crippen LogP contribution is 2.53. The standard InChI is InChI=1S/C32H36F3N5O4/c33-32(34,35)31(42)15-23(16-31)28(41)40(24-3-1-2-21(14-24)27-36-25(38-43-27)19-4-5-19)17-22-10-13-30(11-8-18(22)9-12-30)29-37-26(39-44-29)20-6-7-20/h1-3,14,18-20,22-23,42H,4-13,15-17H2/t18?,22?,23-,30?,31+. The lowest BCUT2D eigenvalue weighted by atomic mass is 9.69. The van der Waals surface area contributed by atoms with Gasteiger partial charge in [-0.1, -0.05) is 16.4 Å². The molecule has 6 fully saturated rings. The van der Waals surface area contributed by atoms with Crippen molar-refractivity contribution in [3.63, 3.8) is 0 Å². The number of amides is 1. The highest BCUT2D eigenvalue weighted by Gasteiger charge is 2.63. The number of carbonyl (C=O) groups excluding carboxylic acids is 1. The van der Waals surface area contributed by atoms with Crippen LogP contribution < -0.4 is 4.90 Å². The SMILES string of the molecule is O=C([C@H]1C[C@](O)(C(F)(F)F)C1)N(CC1CCC2(c3nc(C4CC4)no3)CCC1CC2)c1cccc(-c2nc(C3CC3)no2)c1. The van der Waals surface area contributed by atoms with Gasteiger partial charge in [-0.2, -0.15) is 23.1 Å². The van der Waals surface area contributed by atoms with Crippen LogP contribution in [-0.4, -0.2) is 49.6 Å². The zero-order valence-corrected chi connectivity index (χ0v) is 24.4. The topological polar surface area (TPSA) is 118 Å². The highest BCUT2D eigenvalue weighted by atomic mass is 19.4. The zero-order chi connectivity index (χ0) is 30.3. The minimum absolute atomic E-state index is 0.157. The minimum atomic E-state index is -4.77. The van der Waals surface area contributed by atoms with Gasteiger partial charge >= 0.3 is 6.18 Å². The summed E-state index contributed by atoms with van der Waals surface area (Å²) in [4.78, 5) is 25.0. The first-order valence-corrected chi connectivity index (χ1v) is 16.0. The molecule has 2 heterocycles. The highest BCUT2D eigenvalue weighted by molar-refractivity contribution is 5.96. The third-order valence-corrected chi connectivity index (χ3v) is 11.0. The first kappa shape index (κ1) is 28.2. The summed E-state index contributed by atoms with van der Waals surface area (Å²) in [5.41, 5.74) is -1.74. The molecule has 1 N–H and O–H groups in total. The minimum Gasteiger partial charge on any atom is -0.380 e. The molecule has 1 aromatic carbocycles. The molecular weight excluding hydrogens is 575 g/mol. The molecule has 44 heavy (non-hydrogen) atoms. The number of anilines is 1. The third-order valence-electron chi connectivity index (χ3n) is 11.0. The molecule has 6 aliphatic rings. The van der Waals surface area contributed by atoms with Crippen LogP contribution in [0.3, 0.4) is 0 Å². The molecule has 1 atom stereocenters. The number of carbonyl (C=O) groups is 1. The summed E-state index contributed by atoms with van der Waals surface area (Å²) < 4.78 is 51.8. The molecule has 6 aliphatic carbocycles. The van der Waals surface area contributed by atoms with Gasteiger partial charge in [-0.15, -0.1) is 0 Å². The molecule has 0 aliphatic heterocycles. The van der Waals surface area contributed by atoms with E-state index < -0.39 is 30.5 Å². The summed E-state index contributed by atoms with van der Waals surface area (Å²) in [7, 11) is 0. The molecule has 0 spiro atoms. The molecule has 9 nitrogen and oxygen atoms in total. The molecule has 3 aromatic rings. The molecule has 2 aromatic heterocycles. The van der Waals surface area contributed by atoms with Crippen molar-refractivity contribution in [2.45, 2.75) is 106 Å². The largest absolute Gasteiger partial charge is 0.417 e. The molecule has 1 unspecified atom stereocenters. The molecule has 0 saturated heterocycles. The first-order chi connectivity index (χ1) is 21.1. The van der Waals surface area contributed by atoms with E-state index in [1.165, 1.54) is 0 Å². The number of rotatable bonds is 8. The van der Waals surface area contributed by atoms with Crippen molar-refractivity contribution in [3.05, 3.63) is 41.8 Å². The van der Waals surface area contributed by atoms with Gasteiger partial charge in [-0.3, -0.25) is 4.79 Å². The predicted molar refractivity (Wildman–Crippen MR) is 150 cm³/mol. The molecule has 9 rings (SSSR count). The fraction of sp³-hybridized carbons (Fsp3) is 0.656. The van der Waals surface area contributed by atoms with E-state index >= 15 is 0 Å². The average molecular weight is 612 g/mol. The third kappa shape index (κ3) is 4.93. The van der Waals surface area contributed by atoms with Crippen LogP contribution in [0.1, 0.15) is 106 Å². The summed E-state index contributed by atoms with van der Waals surface area (Å²) in [5.74, 6) is 2.56. The van der Waals surface area contributed by atoms with Gasteiger partial charge in [0.1, 0.15) is 0 Å². The summed E-state index contributed by atoms with van der Waals surface area (Å²) in [5, 5.41) is 18.5. The van der Waals surface area contributed by atoms with Gasteiger partial charge in [0, 0.05) is 41.0 Å². The lowest BCUT2D eigenvalue weighted by Gasteiger charge is -2.45. The average Bonchev–Trinajstić information content (AvgIpc) is 3.94. The molecule has 6 saturated carbocycles. The van der Waals surface area contributed by atoms with Crippen LogP contribution in [0.15, 0.2) is 33.3 Å². The summed E-state index contributed by atoms with van der Waals surface area (Å²) in [6.45, 7) is 0.387. The normalized spacial score (nSPS) is 31.9. The van der Waals surface area contributed by atoms with Gasteiger partial charge in [0.25, 0.3) is 5.89 Å². The second-order valence-corrected chi connectivity index (χ2v) is 14.0. The summed E-state index contributed by atoms with van der Waals surface area (Å²) >= 11 is 0. The Hall–Kier alpha value is -3.28. The second-order valence-electron chi connectivity index (χ2n) is 14.0. The smallest absolute Gasteiger partial charge is 0.380 e. The maximum atomic E-state index is 14.0. The summed E-state index contributed by atoms with van der Waals surface area (Å²) in [6.07, 6.45) is 3.81. The number of aliphatic hydroxyl groups is 1. The Morgan fingerprint density at radius 3 is 2.27 bits per heavy atom. The lowest BCUT2D eigenvalue weighted by Crippen LogP contribution is -2.59. The monoisotopic (exact) mass is 611 g/mol. The van der Waals surface area contributed by atoms with Gasteiger partial charge in [0.05, 0.1) is 0 Å². The predicted octanol–water partition coefficient (Wildman–Crippen LogP) is 6.45. The molecule has 12 heteroatoms. The van der Waals surface area contributed by atoms with E-state index in [-0.39, 0.29) is 17.2 Å². The number of hydrogen-bond donors (Lipinski definition) is 1. The van der Waals surface area contributed by atoms with E-state index in [1.54, 1.807) is 11.0 Å². The lowest BCUT2D eigenvalue weighted by molar-refractivity contribution is -0.295. The van der Waals surface area contributed by atoms with Gasteiger partial charge in [0.2, 0.25) is 11.8 Å².